The zero-order valence-corrected chi connectivity index (χ0v) is 27.6. The van der Waals surface area contributed by atoms with E-state index < -0.39 is 11.8 Å². The van der Waals surface area contributed by atoms with Crippen LogP contribution in [0.5, 0.6) is 0 Å². The summed E-state index contributed by atoms with van der Waals surface area (Å²) < 4.78 is 18.9. The van der Waals surface area contributed by atoms with Gasteiger partial charge in [0.25, 0.3) is 0 Å². The summed E-state index contributed by atoms with van der Waals surface area (Å²) >= 11 is 0. The number of hydrogen-bond acceptors (Lipinski definition) is 2. The summed E-state index contributed by atoms with van der Waals surface area (Å²) in [6, 6.07) is 42.1. The third-order valence-electron chi connectivity index (χ3n) is 6.70. The molecule has 0 N–H and O–H groups in total. The van der Waals surface area contributed by atoms with E-state index in [9.17, 15) is 0 Å². The molecule has 0 saturated carbocycles. The van der Waals surface area contributed by atoms with Gasteiger partial charge in [-0.05, 0) is 89.1 Å². The van der Waals surface area contributed by atoms with Gasteiger partial charge in [-0.3, -0.25) is 4.68 Å². The van der Waals surface area contributed by atoms with Crippen molar-refractivity contribution in [3.05, 3.63) is 150 Å². The SMILES string of the molecule is [2H]C([2H])(c1ccc(-c2c(C)cc(-c3ccn(-c4[c-]cccc4)n3)cc2C)cc1)C(C)(C)C.[Ir].[c-]1ccccc1-c1ccccn1. The first-order chi connectivity index (χ1) is 21.0. The molecule has 0 saturated heterocycles. The Morgan fingerprint density at radius 1 is 0.744 bits per heavy atom. The van der Waals surface area contributed by atoms with E-state index in [-0.39, 0.29) is 20.1 Å². The summed E-state index contributed by atoms with van der Waals surface area (Å²) in [7, 11) is 0. The third kappa shape index (κ3) is 8.47. The molecule has 2 heterocycles. The summed E-state index contributed by atoms with van der Waals surface area (Å²) in [6.45, 7) is 10.0. The van der Waals surface area contributed by atoms with Crippen LogP contribution in [0.2, 0.25) is 0 Å². The van der Waals surface area contributed by atoms with Crippen molar-refractivity contribution in [2.45, 2.75) is 41.0 Å². The van der Waals surface area contributed by atoms with Crippen LogP contribution in [-0.4, -0.2) is 14.8 Å². The Morgan fingerprint density at radius 3 is 2.00 bits per heavy atom. The molecule has 6 aromatic rings. The topological polar surface area (TPSA) is 30.7 Å². The number of rotatable bonds is 5. The Balaban J connectivity index is 0.000000296. The van der Waals surface area contributed by atoms with E-state index in [1.165, 1.54) is 16.7 Å². The molecular formula is C39H37IrN3-2. The molecule has 0 bridgehead atoms. The molecule has 6 rings (SSSR count). The van der Waals surface area contributed by atoms with E-state index in [0.29, 0.717) is 5.56 Å². The molecule has 2 aromatic heterocycles. The molecule has 219 valence electrons. The van der Waals surface area contributed by atoms with Gasteiger partial charge >= 0.3 is 0 Å². The van der Waals surface area contributed by atoms with E-state index in [1.54, 1.807) is 6.20 Å². The van der Waals surface area contributed by atoms with Gasteiger partial charge in [0.05, 0.1) is 5.69 Å². The fourth-order valence-electron chi connectivity index (χ4n) is 4.93. The van der Waals surface area contributed by atoms with Crippen molar-refractivity contribution < 1.29 is 22.8 Å². The Hall–Kier alpha value is -4.11. The van der Waals surface area contributed by atoms with Crippen LogP contribution in [0.1, 0.15) is 40.2 Å². The second kappa shape index (κ2) is 14.4. The molecular weight excluding hydrogens is 703 g/mol. The van der Waals surface area contributed by atoms with Crippen LogP contribution in [0.15, 0.2) is 122 Å². The molecule has 0 amide bonds. The molecule has 0 aliphatic rings. The first kappa shape index (κ1) is 29.0. The molecule has 1 radical (unpaired) electrons. The Kier molecular flexibility index (Phi) is 9.69. The van der Waals surface area contributed by atoms with Gasteiger partial charge < -0.3 is 4.98 Å². The van der Waals surface area contributed by atoms with E-state index >= 15 is 0 Å². The van der Waals surface area contributed by atoms with Gasteiger partial charge in [0, 0.05) is 40.8 Å². The maximum atomic E-state index is 8.52. The Labute approximate surface area is 272 Å². The van der Waals surface area contributed by atoms with Gasteiger partial charge in [-0.1, -0.05) is 57.2 Å². The van der Waals surface area contributed by atoms with Gasteiger partial charge in [0.15, 0.2) is 0 Å². The van der Waals surface area contributed by atoms with Crippen LogP contribution in [0, 0.1) is 31.4 Å². The average Bonchev–Trinajstić information content (AvgIpc) is 3.53. The van der Waals surface area contributed by atoms with Gasteiger partial charge in [0.1, 0.15) is 0 Å². The zero-order chi connectivity index (χ0) is 31.3. The van der Waals surface area contributed by atoms with E-state index in [1.807, 2.05) is 129 Å². The van der Waals surface area contributed by atoms with Gasteiger partial charge in [-0.15, -0.1) is 42.0 Å². The van der Waals surface area contributed by atoms with Crippen LogP contribution in [0.4, 0.5) is 0 Å². The van der Waals surface area contributed by atoms with Crippen molar-refractivity contribution in [2.24, 2.45) is 5.41 Å². The predicted molar refractivity (Wildman–Crippen MR) is 174 cm³/mol. The van der Waals surface area contributed by atoms with Crippen molar-refractivity contribution in [3.8, 4) is 39.3 Å². The molecule has 4 aromatic carbocycles. The maximum absolute atomic E-state index is 8.52. The number of para-hydroxylation sites is 1. The van der Waals surface area contributed by atoms with E-state index in [4.69, 9.17) is 7.84 Å². The fourth-order valence-corrected chi connectivity index (χ4v) is 4.93. The van der Waals surface area contributed by atoms with Gasteiger partial charge in [-0.25, -0.2) is 0 Å². The Morgan fingerprint density at radius 2 is 1.42 bits per heavy atom. The number of hydrogen-bond donors (Lipinski definition) is 0. The molecule has 0 fully saturated rings. The summed E-state index contributed by atoms with van der Waals surface area (Å²) in [5.41, 5.74) is 9.81. The Bertz CT molecular complexity index is 1750. The van der Waals surface area contributed by atoms with Gasteiger partial charge in [-0.2, -0.15) is 29.4 Å². The largest absolute Gasteiger partial charge is 0.305 e. The molecule has 43 heavy (non-hydrogen) atoms. The summed E-state index contributed by atoms with van der Waals surface area (Å²) in [4.78, 5) is 4.22. The minimum absolute atomic E-state index is 0. The number of pyridine rings is 1. The fraction of sp³-hybridized carbons (Fsp3) is 0.179. The zero-order valence-electron chi connectivity index (χ0n) is 27.2. The van der Waals surface area contributed by atoms with Crippen LogP contribution in [-0.2, 0) is 26.5 Å². The molecule has 4 heteroatoms. The molecule has 0 unspecified atom stereocenters. The summed E-state index contributed by atoms with van der Waals surface area (Å²) in [5, 5.41) is 4.74. The van der Waals surface area contributed by atoms with Crippen molar-refractivity contribution >= 4 is 0 Å². The minimum Gasteiger partial charge on any atom is -0.305 e. The standard InChI is InChI=1S/C28H29N2.C11H8N.Ir/c1-20-17-24(26-15-16-30(29-26)25-9-7-6-8-10-25)18-21(2)27(20)23-13-11-22(12-14-23)19-28(3,4)5;1-2-6-10(7-3-1)11-8-4-5-9-12-11;/h6-9,11-18H,19H2,1-5H3;1-6,8-9H;/q2*-1;/i19D2;;. The first-order valence-electron chi connectivity index (χ1n) is 15.2. The third-order valence-corrected chi connectivity index (χ3v) is 6.70. The van der Waals surface area contributed by atoms with Crippen LogP contribution < -0.4 is 0 Å². The predicted octanol–water partition coefficient (Wildman–Crippen LogP) is 9.76. The number of aryl methyl sites for hydroxylation is 2. The van der Waals surface area contributed by atoms with Crippen LogP contribution in [0.3, 0.4) is 0 Å². The van der Waals surface area contributed by atoms with Crippen LogP contribution >= 0.6 is 0 Å². The minimum atomic E-state index is -1.39. The smallest absolute Gasteiger partial charge is 0.0926 e. The van der Waals surface area contributed by atoms with Crippen LogP contribution in [0.25, 0.3) is 39.3 Å². The molecule has 0 spiro atoms. The monoisotopic (exact) mass is 742 g/mol. The summed E-state index contributed by atoms with van der Waals surface area (Å²) in [5.74, 6) is 0. The quantitative estimate of drug-likeness (QED) is 0.165. The first-order valence-corrected chi connectivity index (χ1v) is 14.2. The number of aromatic nitrogens is 3. The molecule has 3 nitrogen and oxygen atoms in total. The number of benzene rings is 4. The van der Waals surface area contributed by atoms with Crippen molar-refractivity contribution in [1.82, 2.24) is 14.8 Å². The second-order valence-corrected chi connectivity index (χ2v) is 11.3. The van der Waals surface area contributed by atoms with Gasteiger partial charge in [0.2, 0.25) is 0 Å². The van der Waals surface area contributed by atoms with Crippen molar-refractivity contribution in [2.75, 3.05) is 0 Å². The normalized spacial score (nSPS) is 11.8. The number of nitrogens with zero attached hydrogens (tertiary/aromatic N) is 3. The molecule has 0 aliphatic carbocycles. The van der Waals surface area contributed by atoms with Crippen molar-refractivity contribution in [3.63, 3.8) is 0 Å². The molecule has 0 aliphatic heterocycles. The molecule has 0 atom stereocenters. The maximum Gasteiger partial charge on any atom is 0.0926 e. The summed E-state index contributed by atoms with van der Waals surface area (Å²) in [6.07, 6.45) is 2.35. The van der Waals surface area contributed by atoms with Crippen molar-refractivity contribution in [1.29, 1.82) is 0 Å². The average molecular weight is 742 g/mol. The van der Waals surface area contributed by atoms with E-state index in [2.05, 4.69) is 43.1 Å². The second-order valence-electron chi connectivity index (χ2n) is 11.3. The van der Waals surface area contributed by atoms with E-state index in [0.717, 1.165) is 33.8 Å².